The number of nitrogens with zero attached hydrogens (tertiary/aromatic N) is 1. The highest BCUT2D eigenvalue weighted by molar-refractivity contribution is 7.93. The van der Waals surface area contributed by atoms with Crippen LogP contribution in [-0.4, -0.2) is 29.1 Å². The molecule has 146 valence electrons. The molecule has 0 unspecified atom stereocenters. The fourth-order valence-corrected chi connectivity index (χ4v) is 5.62. The van der Waals surface area contributed by atoms with Crippen molar-refractivity contribution in [1.29, 1.82) is 0 Å². The SMILES string of the molecule is CCS(=O)(=O)N1CCCc2ccc(NS(=O)(=O)c3cc(F)ccc3C)cc21. The summed E-state index contributed by atoms with van der Waals surface area (Å²) in [5, 5.41) is 0. The fraction of sp³-hybridized carbons (Fsp3) is 0.333. The average molecular weight is 413 g/mol. The zero-order chi connectivity index (χ0) is 19.8. The van der Waals surface area contributed by atoms with Crippen LogP contribution in [0.5, 0.6) is 0 Å². The number of aryl methyl sites for hydroxylation is 2. The van der Waals surface area contributed by atoms with Crippen LogP contribution in [0.25, 0.3) is 0 Å². The minimum Gasteiger partial charge on any atom is -0.280 e. The molecule has 0 bridgehead atoms. The predicted molar refractivity (Wildman–Crippen MR) is 104 cm³/mol. The van der Waals surface area contributed by atoms with E-state index < -0.39 is 25.9 Å². The Morgan fingerprint density at radius 1 is 1.11 bits per heavy atom. The topological polar surface area (TPSA) is 83.6 Å². The monoisotopic (exact) mass is 412 g/mol. The minimum absolute atomic E-state index is 0.0368. The second kappa shape index (κ2) is 7.12. The Morgan fingerprint density at radius 2 is 1.85 bits per heavy atom. The molecule has 0 fully saturated rings. The van der Waals surface area contributed by atoms with Gasteiger partial charge in [-0.15, -0.1) is 0 Å². The molecule has 0 saturated heterocycles. The third kappa shape index (κ3) is 3.93. The van der Waals surface area contributed by atoms with E-state index in [1.54, 1.807) is 26.0 Å². The molecular formula is C18H21FN2O4S2. The van der Waals surface area contributed by atoms with Crippen LogP contribution in [0, 0.1) is 12.7 Å². The van der Waals surface area contributed by atoms with Crippen LogP contribution in [-0.2, 0) is 26.5 Å². The molecular weight excluding hydrogens is 391 g/mol. The van der Waals surface area contributed by atoms with E-state index in [1.807, 2.05) is 0 Å². The normalized spacial score (nSPS) is 14.7. The lowest BCUT2D eigenvalue weighted by atomic mass is 10.0. The molecule has 1 N–H and O–H groups in total. The maximum Gasteiger partial charge on any atom is 0.262 e. The van der Waals surface area contributed by atoms with Gasteiger partial charge in [-0.05, 0) is 62.1 Å². The van der Waals surface area contributed by atoms with E-state index in [0.29, 0.717) is 24.2 Å². The smallest absolute Gasteiger partial charge is 0.262 e. The van der Waals surface area contributed by atoms with Crippen LogP contribution >= 0.6 is 0 Å². The Kier molecular flexibility index (Phi) is 5.18. The van der Waals surface area contributed by atoms with Crippen molar-refractivity contribution in [3.05, 3.63) is 53.3 Å². The van der Waals surface area contributed by atoms with Crippen LogP contribution in [0.2, 0.25) is 0 Å². The molecule has 0 amide bonds. The van der Waals surface area contributed by atoms with E-state index in [1.165, 1.54) is 22.5 Å². The van der Waals surface area contributed by atoms with Crippen molar-refractivity contribution < 1.29 is 21.2 Å². The van der Waals surface area contributed by atoms with Crippen molar-refractivity contribution in [2.45, 2.75) is 31.6 Å². The van der Waals surface area contributed by atoms with E-state index in [-0.39, 0.29) is 16.3 Å². The number of anilines is 2. The lowest BCUT2D eigenvalue weighted by Gasteiger charge is -2.30. The number of fused-ring (bicyclic) bond motifs is 1. The summed E-state index contributed by atoms with van der Waals surface area (Å²) in [5.41, 5.74) is 1.98. The van der Waals surface area contributed by atoms with Crippen molar-refractivity contribution in [2.75, 3.05) is 21.3 Å². The maximum absolute atomic E-state index is 13.5. The quantitative estimate of drug-likeness (QED) is 0.818. The number of benzene rings is 2. The first-order valence-corrected chi connectivity index (χ1v) is 11.7. The first-order valence-electron chi connectivity index (χ1n) is 8.56. The molecule has 0 saturated carbocycles. The van der Waals surface area contributed by atoms with Crippen LogP contribution < -0.4 is 9.03 Å². The summed E-state index contributed by atoms with van der Waals surface area (Å²) in [4.78, 5) is -0.154. The van der Waals surface area contributed by atoms with Gasteiger partial charge >= 0.3 is 0 Å². The minimum atomic E-state index is -4.01. The van der Waals surface area contributed by atoms with Gasteiger partial charge in [0.2, 0.25) is 10.0 Å². The predicted octanol–water partition coefficient (Wildman–Crippen LogP) is 3.04. The standard InChI is InChI=1S/C18H21FN2O4S2/c1-3-26(22,23)21-10-4-5-14-7-9-16(12-17(14)21)20-27(24,25)18-11-15(19)8-6-13(18)2/h6-9,11-12,20H,3-5,10H2,1-2H3. The summed E-state index contributed by atoms with van der Waals surface area (Å²) < 4.78 is 67.3. The van der Waals surface area contributed by atoms with Gasteiger partial charge in [-0.2, -0.15) is 0 Å². The number of hydrogen-bond donors (Lipinski definition) is 1. The molecule has 1 heterocycles. The Hall–Kier alpha value is -2.13. The molecule has 0 aliphatic carbocycles. The van der Waals surface area contributed by atoms with E-state index in [9.17, 15) is 21.2 Å². The molecule has 9 heteroatoms. The second-order valence-electron chi connectivity index (χ2n) is 6.44. The van der Waals surface area contributed by atoms with Crippen LogP contribution in [0.4, 0.5) is 15.8 Å². The molecule has 0 atom stereocenters. The largest absolute Gasteiger partial charge is 0.280 e. The van der Waals surface area contributed by atoms with Crippen LogP contribution in [0.3, 0.4) is 0 Å². The lowest BCUT2D eigenvalue weighted by Crippen LogP contribution is -2.36. The van der Waals surface area contributed by atoms with Crippen LogP contribution in [0.1, 0.15) is 24.5 Å². The Morgan fingerprint density at radius 3 is 2.56 bits per heavy atom. The Balaban J connectivity index is 2.00. The van der Waals surface area contributed by atoms with Gasteiger partial charge in [0.15, 0.2) is 0 Å². The number of hydrogen-bond acceptors (Lipinski definition) is 4. The van der Waals surface area contributed by atoms with Gasteiger partial charge < -0.3 is 0 Å². The molecule has 27 heavy (non-hydrogen) atoms. The molecule has 0 spiro atoms. The maximum atomic E-state index is 13.5. The van der Waals surface area contributed by atoms with Crippen molar-refractivity contribution in [3.63, 3.8) is 0 Å². The van der Waals surface area contributed by atoms with E-state index in [2.05, 4.69) is 4.72 Å². The molecule has 0 radical (unpaired) electrons. The van der Waals surface area contributed by atoms with Crippen LogP contribution in [0.15, 0.2) is 41.3 Å². The van der Waals surface area contributed by atoms with E-state index >= 15 is 0 Å². The van der Waals surface area contributed by atoms with Crippen molar-refractivity contribution >= 4 is 31.4 Å². The highest BCUT2D eigenvalue weighted by Gasteiger charge is 2.27. The highest BCUT2D eigenvalue weighted by Crippen LogP contribution is 2.33. The number of rotatable bonds is 5. The summed E-state index contributed by atoms with van der Waals surface area (Å²) in [6.45, 7) is 3.52. The zero-order valence-corrected chi connectivity index (χ0v) is 16.7. The highest BCUT2D eigenvalue weighted by atomic mass is 32.2. The first kappa shape index (κ1) is 19.6. The zero-order valence-electron chi connectivity index (χ0n) is 15.1. The van der Waals surface area contributed by atoms with Gasteiger partial charge in [-0.25, -0.2) is 21.2 Å². The third-order valence-corrected chi connectivity index (χ3v) is 7.86. The molecule has 3 rings (SSSR count). The van der Waals surface area contributed by atoms with Gasteiger partial charge in [-0.1, -0.05) is 12.1 Å². The molecule has 2 aromatic rings. The summed E-state index contributed by atoms with van der Waals surface area (Å²) >= 11 is 0. The Labute approximate surface area is 159 Å². The van der Waals surface area contributed by atoms with Gasteiger partial charge in [0.1, 0.15) is 5.82 Å². The molecule has 1 aliphatic rings. The molecule has 1 aliphatic heterocycles. The first-order chi connectivity index (χ1) is 12.6. The van der Waals surface area contributed by atoms with Gasteiger partial charge in [0.05, 0.1) is 22.0 Å². The van der Waals surface area contributed by atoms with Crippen molar-refractivity contribution in [2.24, 2.45) is 0 Å². The summed E-state index contributed by atoms with van der Waals surface area (Å²) in [5.74, 6) is -0.683. The summed E-state index contributed by atoms with van der Waals surface area (Å²) in [6.07, 6.45) is 1.43. The van der Waals surface area contributed by atoms with Gasteiger partial charge in [0, 0.05) is 6.54 Å². The summed E-state index contributed by atoms with van der Waals surface area (Å²) in [7, 11) is -7.46. The van der Waals surface area contributed by atoms with Crippen molar-refractivity contribution in [1.82, 2.24) is 0 Å². The average Bonchev–Trinajstić information content (AvgIpc) is 2.62. The second-order valence-corrected chi connectivity index (χ2v) is 10.3. The van der Waals surface area contributed by atoms with Gasteiger partial charge in [0.25, 0.3) is 10.0 Å². The number of nitrogens with one attached hydrogen (secondary N) is 1. The summed E-state index contributed by atoms with van der Waals surface area (Å²) in [6, 6.07) is 8.39. The number of halogens is 1. The molecule has 2 aromatic carbocycles. The van der Waals surface area contributed by atoms with E-state index in [0.717, 1.165) is 18.1 Å². The fourth-order valence-electron chi connectivity index (χ4n) is 3.12. The Bertz CT molecular complexity index is 1080. The van der Waals surface area contributed by atoms with Gasteiger partial charge in [-0.3, -0.25) is 9.03 Å². The third-order valence-electron chi connectivity index (χ3n) is 4.55. The lowest BCUT2D eigenvalue weighted by molar-refractivity contribution is 0.587. The number of sulfonamides is 2. The molecule has 6 nitrogen and oxygen atoms in total. The molecule has 0 aromatic heterocycles. The van der Waals surface area contributed by atoms with E-state index in [4.69, 9.17) is 0 Å². The van der Waals surface area contributed by atoms with Crippen molar-refractivity contribution in [3.8, 4) is 0 Å².